The number of rotatable bonds is 6. The van der Waals surface area contributed by atoms with E-state index in [0.29, 0.717) is 5.92 Å². The number of hydrogen-bond donors (Lipinski definition) is 0. The van der Waals surface area contributed by atoms with Gasteiger partial charge in [-0.05, 0) is 92.7 Å². The van der Waals surface area contributed by atoms with Gasteiger partial charge in [-0.25, -0.2) is 4.98 Å². The van der Waals surface area contributed by atoms with Crippen molar-refractivity contribution < 1.29 is 4.74 Å². The molecule has 0 N–H and O–H groups in total. The van der Waals surface area contributed by atoms with Crippen LogP contribution in [-0.2, 0) is 17.4 Å². The van der Waals surface area contributed by atoms with Crippen molar-refractivity contribution in [3.63, 3.8) is 0 Å². The number of hydrogen-bond acceptors (Lipinski definition) is 5. The highest BCUT2D eigenvalue weighted by atomic mass is 16.5. The summed E-state index contributed by atoms with van der Waals surface area (Å²) in [5, 5.41) is 0. The lowest BCUT2D eigenvalue weighted by atomic mass is 9.73. The molecule has 1 aromatic heterocycles. The molecule has 0 amide bonds. The Labute approximate surface area is 320 Å². The zero-order valence-electron chi connectivity index (χ0n) is 32.3. The van der Waals surface area contributed by atoms with Crippen LogP contribution in [0.25, 0.3) is 0 Å². The first-order chi connectivity index (χ1) is 26.0. The van der Waals surface area contributed by atoms with Gasteiger partial charge in [-0.2, -0.15) is 0 Å². The normalized spacial score (nSPS) is 18.2. The molecule has 3 aliphatic rings. The zero-order chi connectivity index (χ0) is 37.4. The number of ether oxygens (including phenoxy) is 1. The molecular weight excluding hydrogens is 661 g/mol. The van der Waals surface area contributed by atoms with Gasteiger partial charge in [0, 0.05) is 29.8 Å². The first-order valence-corrected chi connectivity index (χ1v) is 19.3. The average Bonchev–Trinajstić information content (AvgIpc) is 3.73. The summed E-state index contributed by atoms with van der Waals surface area (Å²) in [7, 11) is 0. The van der Waals surface area contributed by atoms with Crippen LogP contribution >= 0.6 is 0 Å². The molecule has 5 nitrogen and oxygen atoms in total. The Kier molecular flexibility index (Phi) is 8.04. The van der Waals surface area contributed by atoms with Crippen molar-refractivity contribution in [2.24, 2.45) is 4.99 Å². The number of para-hydroxylation sites is 1. The molecule has 0 radical (unpaired) electrons. The lowest BCUT2D eigenvalue weighted by molar-refractivity contribution is 0.341. The first kappa shape index (κ1) is 34.1. The van der Waals surface area contributed by atoms with E-state index in [9.17, 15) is 0 Å². The largest absolute Gasteiger partial charge is 0.457 e. The highest BCUT2D eigenvalue weighted by Crippen LogP contribution is 2.53. The summed E-state index contributed by atoms with van der Waals surface area (Å²) in [5.41, 5.74) is 12.0. The number of nitrogens with zero attached hydrogens (tertiary/aromatic N) is 4. The highest BCUT2D eigenvalue weighted by molar-refractivity contribution is 6.01. The van der Waals surface area contributed by atoms with Crippen LogP contribution in [0.1, 0.15) is 111 Å². The van der Waals surface area contributed by atoms with Crippen LogP contribution in [0, 0.1) is 0 Å². The maximum atomic E-state index is 6.92. The van der Waals surface area contributed by atoms with Gasteiger partial charge in [0.1, 0.15) is 29.2 Å². The second-order valence-corrected chi connectivity index (χ2v) is 16.9. The molecule has 54 heavy (non-hydrogen) atoms. The number of aromatic nitrogens is 1. The van der Waals surface area contributed by atoms with E-state index in [1.807, 2.05) is 6.20 Å². The Morgan fingerprint density at radius 3 is 2.28 bits per heavy atom. The Bertz CT molecular complexity index is 2420. The van der Waals surface area contributed by atoms with E-state index in [4.69, 9.17) is 14.7 Å². The summed E-state index contributed by atoms with van der Waals surface area (Å²) in [6.45, 7) is 16.7. The third-order valence-corrected chi connectivity index (χ3v) is 11.7. The Morgan fingerprint density at radius 2 is 1.48 bits per heavy atom. The minimum Gasteiger partial charge on any atom is -0.457 e. The van der Waals surface area contributed by atoms with E-state index in [2.05, 4.69) is 186 Å². The third kappa shape index (κ3) is 5.69. The van der Waals surface area contributed by atoms with Crippen molar-refractivity contribution >= 4 is 23.0 Å². The lowest BCUT2D eigenvalue weighted by Gasteiger charge is -2.41. The van der Waals surface area contributed by atoms with Gasteiger partial charge in [-0.3, -0.25) is 9.89 Å². The van der Waals surface area contributed by atoms with Crippen molar-refractivity contribution in [1.82, 2.24) is 9.88 Å². The SMILES string of the molecule is CC(C)c1cc(Oc2ccc3c(c2)N(c2cc(C(C)(C)C)ccn2)c2ccccc2C3(C)C)cc(C2=N[C@H](c3ccccc3)[C@@H]3c4ccccc4CN23)c1. The van der Waals surface area contributed by atoms with E-state index >= 15 is 0 Å². The van der Waals surface area contributed by atoms with Gasteiger partial charge in [0.25, 0.3) is 0 Å². The molecule has 270 valence electrons. The van der Waals surface area contributed by atoms with Crippen LogP contribution < -0.4 is 9.64 Å². The number of pyridine rings is 1. The molecule has 5 heteroatoms. The summed E-state index contributed by atoms with van der Waals surface area (Å²) in [5.74, 6) is 3.83. The summed E-state index contributed by atoms with van der Waals surface area (Å²) in [4.78, 5) is 15.3. The van der Waals surface area contributed by atoms with Gasteiger partial charge in [0.2, 0.25) is 0 Å². The maximum absolute atomic E-state index is 6.92. The van der Waals surface area contributed by atoms with Gasteiger partial charge in [-0.15, -0.1) is 0 Å². The standard InChI is InChI=1S/C49H48N4O/c1-31(2)34-25-35(47-51-45(32-15-9-8-10-16-32)46-39-18-12-11-17-33(39)30-52(46)47)27-38(26-34)54-37-21-22-41-43(29-37)53(42-20-14-13-19-40(42)49(41,6)7)44-28-36(23-24-50-44)48(3,4)5/h8-29,31,45-46H,30H2,1-7H3/t45-,46+/m1/s1. The zero-order valence-corrected chi connectivity index (χ0v) is 32.3. The predicted molar refractivity (Wildman–Crippen MR) is 221 cm³/mol. The quantitative estimate of drug-likeness (QED) is 0.173. The van der Waals surface area contributed by atoms with Gasteiger partial charge in [-0.1, -0.05) is 127 Å². The molecular formula is C49H48N4O. The predicted octanol–water partition coefficient (Wildman–Crippen LogP) is 12.5. The molecule has 0 saturated carbocycles. The molecule has 3 aliphatic heterocycles. The second-order valence-electron chi connectivity index (χ2n) is 16.9. The molecule has 0 aliphatic carbocycles. The van der Waals surface area contributed by atoms with E-state index in [0.717, 1.165) is 46.6 Å². The smallest absolute Gasteiger partial charge is 0.137 e. The fraction of sp³-hybridized carbons (Fsp3) is 0.265. The van der Waals surface area contributed by atoms with E-state index in [1.54, 1.807) is 0 Å². The molecule has 6 aromatic rings. The summed E-state index contributed by atoms with van der Waals surface area (Å²) >= 11 is 0. The van der Waals surface area contributed by atoms with Gasteiger partial charge < -0.3 is 9.64 Å². The van der Waals surface area contributed by atoms with Crippen LogP contribution in [0.4, 0.5) is 17.2 Å². The fourth-order valence-corrected chi connectivity index (χ4v) is 8.68. The minimum absolute atomic E-state index is 0.0121. The van der Waals surface area contributed by atoms with Crippen LogP contribution in [0.2, 0.25) is 0 Å². The summed E-state index contributed by atoms with van der Waals surface area (Å²) < 4.78 is 6.92. The topological polar surface area (TPSA) is 41.0 Å². The number of amidine groups is 1. The van der Waals surface area contributed by atoms with Crippen molar-refractivity contribution in [1.29, 1.82) is 0 Å². The molecule has 5 aromatic carbocycles. The summed E-state index contributed by atoms with van der Waals surface area (Å²) in [6.07, 6.45) is 1.94. The number of aliphatic imine (C=N–C) groups is 1. The van der Waals surface area contributed by atoms with E-state index in [-0.39, 0.29) is 22.9 Å². The third-order valence-electron chi connectivity index (χ3n) is 11.7. The van der Waals surface area contributed by atoms with E-state index in [1.165, 1.54) is 38.9 Å². The molecule has 0 saturated heterocycles. The molecule has 0 fully saturated rings. The number of fused-ring (bicyclic) bond motifs is 5. The molecule has 0 unspecified atom stereocenters. The number of benzene rings is 5. The van der Waals surface area contributed by atoms with Crippen molar-refractivity contribution in [2.45, 2.75) is 83.8 Å². The molecule has 4 heterocycles. The van der Waals surface area contributed by atoms with Crippen LogP contribution in [0.5, 0.6) is 11.5 Å². The lowest BCUT2D eigenvalue weighted by Crippen LogP contribution is -2.31. The Morgan fingerprint density at radius 1 is 0.741 bits per heavy atom. The fourth-order valence-electron chi connectivity index (χ4n) is 8.68. The molecule has 9 rings (SSSR count). The first-order valence-electron chi connectivity index (χ1n) is 19.3. The molecule has 0 bridgehead atoms. The van der Waals surface area contributed by atoms with Crippen LogP contribution in [0.15, 0.2) is 139 Å². The Hall–Kier alpha value is -5.68. The number of anilines is 3. The van der Waals surface area contributed by atoms with E-state index < -0.39 is 0 Å². The average molecular weight is 709 g/mol. The van der Waals surface area contributed by atoms with Gasteiger partial charge in [0.15, 0.2) is 0 Å². The molecule has 2 atom stereocenters. The summed E-state index contributed by atoms with van der Waals surface area (Å²) in [6, 6.07) is 46.1. The van der Waals surface area contributed by atoms with Crippen molar-refractivity contribution in [3.8, 4) is 11.5 Å². The van der Waals surface area contributed by atoms with Crippen molar-refractivity contribution in [3.05, 3.63) is 178 Å². The van der Waals surface area contributed by atoms with Crippen molar-refractivity contribution in [2.75, 3.05) is 4.90 Å². The monoisotopic (exact) mass is 708 g/mol. The van der Waals surface area contributed by atoms with Gasteiger partial charge >= 0.3 is 0 Å². The second kappa shape index (κ2) is 12.7. The highest BCUT2D eigenvalue weighted by Gasteiger charge is 2.44. The van der Waals surface area contributed by atoms with Crippen LogP contribution in [-0.4, -0.2) is 15.7 Å². The minimum atomic E-state index is -0.215. The Balaban J connectivity index is 1.13. The van der Waals surface area contributed by atoms with Gasteiger partial charge in [0.05, 0.1) is 17.4 Å². The van der Waals surface area contributed by atoms with Crippen LogP contribution in [0.3, 0.4) is 0 Å². The maximum Gasteiger partial charge on any atom is 0.137 e. The molecule has 0 spiro atoms.